The largest absolute Gasteiger partial charge is 0.416 e. The van der Waals surface area contributed by atoms with E-state index in [0.717, 1.165) is 12.1 Å². The van der Waals surface area contributed by atoms with Gasteiger partial charge in [-0.2, -0.15) is 13.2 Å². The topological polar surface area (TPSA) is 80.0 Å². The summed E-state index contributed by atoms with van der Waals surface area (Å²) in [4.78, 5) is 16.2. The molecule has 0 bridgehead atoms. The maximum absolute atomic E-state index is 12.8. The Labute approximate surface area is 171 Å². The number of para-hydroxylation sites is 2. The zero-order valence-electron chi connectivity index (χ0n) is 15.8. The fourth-order valence-electron chi connectivity index (χ4n) is 2.62. The molecule has 1 amide bonds. The van der Waals surface area contributed by atoms with E-state index >= 15 is 0 Å². The lowest BCUT2D eigenvalue weighted by atomic mass is 10.1. The van der Waals surface area contributed by atoms with Crippen molar-refractivity contribution in [2.45, 2.75) is 12.7 Å². The highest BCUT2D eigenvalue weighted by Gasteiger charge is 2.30. The van der Waals surface area contributed by atoms with Crippen molar-refractivity contribution in [3.05, 3.63) is 89.6 Å². The molecule has 1 aromatic heterocycles. The third kappa shape index (κ3) is 5.84. The first-order valence-electron chi connectivity index (χ1n) is 9.01. The van der Waals surface area contributed by atoms with Gasteiger partial charge in [-0.3, -0.25) is 4.79 Å². The van der Waals surface area contributed by atoms with Gasteiger partial charge in [-0.15, -0.1) is 0 Å². The smallest absolute Gasteiger partial charge is 0.397 e. The number of carbonyl (C=O) groups excluding carboxylic acids is 1. The molecular formula is C22H19F3N4O. The van der Waals surface area contributed by atoms with Gasteiger partial charge in [0, 0.05) is 18.8 Å². The van der Waals surface area contributed by atoms with Gasteiger partial charge in [0.05, 0.1) is 16.9 Å². The highest BCUT2D eigenvalue weighted by molar-refractivity contribution is 6.03. The molecule has 3 aromatic rings. The van der Waals surface area contributed by atoms with Crippen LogP contribution in [0, 0.1) is 0 Å². The maximum atomic E-state index is 12.8. The van der Waals surface area contributed by atoms with E-state index in [1.807, 2.05) is 0 Å². The first-order chi connectivity index (χ1) is 14.3. The van der Waals surface area contributed by atoms with Crippen molar-refractivity contribution in [1.82, 2.24) is 4.98 Å². The predicted octanol–water partition coefficient (Wildman–Crippen LogP) is 4.95. The van der Waals surface area contributed by atoms with Crippen molar-refractivity contribution in [1.29, 1.82) is 0 Å². The molecule has 2 aromatic carbocycles. The summed E-state index contributed by atoms with van der Waals surface area (Å²) in [5, 5.41) is 5.66. The summed E-state index contributed by atoms with van der Waals surface area (Å²) in [7, 11) is 0. The van der Waals surface area contributed by atoms with Crippen LogP contribution in [0.4, 0.5) is 30.4 Å². The summed E-state index contributed by atoms with van der Waals surface area (Å²) in [6.45, 7) is 0.201. The quantitative estimate of drug-likeness (QED) is 0.396. The number of amides is 1. The van der Waals surface area contributed by atoms with Crippen molar-refractivity contribution in [3.8, 4) is 0 Å². The molecule has 0 atom stereocenters. The molecule has 0 aliphatic rings. The molecule has 3 rings (SSSR count). The molecule has 4 N–H and O–H groups in total. The molecule has 0 unspecified atom stereocenters. The van der Waals surface area contributed by atoms with E-state index in [4.69, 9.17) is 5.73 Å². The van der Waals surface area contributed by atoms with E-state index in [2.05, 4.69) is 15.6 Å². The van der Waals surface area contributed by atoms with Gasteiger partial charge < -0.3 is 16.4 Å². The zero-order valence-corrected chi connectivity index (χ0v) is 15.8. The fraction of sp³-hybridized carbons (Fsp3) is 0.0909. The minimum atomic E-state index is -4.37. The number of hydrogen-bond donors (Lipinski definition) is 3. The number of benzene rings is 2. The van der Waals surface area contributed by atoms with Crippen LogP contribution in [0.2, 0.25) is 0 Å². The molecule has 30 heavy (non-hydrogen) atoms. The van der Waals surface area contributed by atoms with E-state index in [1.54, 1.807) is 54.7 Å². The molecule has 8 heteroatoms. The Balaban J connectivity index is 1.55. The SMILES string of the molecule is Nc1ccccc1NC(=O)/C=C/c1ccc(NCc2cccc(C(F)(F)F)c2)nc1. The van der Waals surface area contributed by atoms with Crippen LogP contribution in [0.15, 0.2) is 72.9 Å². The minimum absolute atomic E-state index is 0.201. The van der Waals surface area contributed by atoms with Gasteiger partial charge in [-0.05, 0) is 53.6 Å². The molecule has 5 nitrogen and oxygen atoms in total. The Bertz CT molecular complexity index is 1050. The van der Waals surface area contributed by atoms with Crippen LogP contribution in [0.25, 0.3) is 6.08 Å². The van der Waals surface area contributed by atoms with Crippen molar-refractivity contribution >= 4 is 29.2 Å². The van der Waals surface area contributed by atoms with Gasteiger partial charge in [-0.1, -0.05) is 24.3 Å². The van der Waals surface area contributed by atoms with Gasteiger partial charge in [0.1, 0.15) is 5.82 Å². The number of carbonyl (C=O) groups is 1. The summed E-state index contributed by atoms with van der Waals surface area (Å²) >= 11 is 0. The summed E-state index contributed by atoms with van der Waals surface area (Å²) in [5.74, 6) is 0.172. The molecule has 0 fully saturated rings. The third-order valence-electron chi connectivity index (χ3n) is 4.16. The highest BCUT2D eigenvalue weighted by atomic mass is 19.4. The van der Waals surface area contributed by atoms with Crippen LogP contribution in [0.1, 0.15) is 16.7 Å². The highest BCUT2D eigenvalue weighted by Crippen LogP contribution is 2.29. The molecule has 0 spiro atoms. The number of nitrogens with one attached hydrogen (secondary N) is 2. The average Bonchev–Trinajstić information content (AvgIpc) is 2.73. The van der Waals surface area contributed by atoms with Gasteiger partial charge in [0.15, 0.2) is 0 Å². The normalized spacial score (nSPS) is 11.4. The Kier molecular flexibility index (Phi) is 6.36. The van der Waals surface area contributed by atoms with E-state index < -0.39 is 11.7 Å². The number of nitrogens with zero attached hydrogens (tertiary/aromatic N) is 1. The summed E-state index contributed by atoms with van der Waals surface area (Å²) < 4.78 is 38.3. The Morgan fingerprint density at radius 2 is 1.87 bits per heavy atom. The van der Waals surface area contributed by atoms with Crippen LogP contribution in [-0.2, 0) is 17.5 Å². The predicted molar refractivity (Wildman–Crippen MR) is 112 cm³/mol. The molecular weight excluding hydrogens is 393 g/mol. The van der Waals surface area contributed by atoms with Crippen LogP contribution in [-0.4, -0.2) is 10.9 Å². The Hall–Kier alpha value is -3.81. The van der Waals surface area contributed by atoms with Crippen molar-refractivity contribution < 1.29 is 18.0 Å². The zero-order chi connectivity index (χ0) is 21.6. The van der Waals surface area contributed by atoms with Crippen molar-refractivity contribution in [2.75, 3.05) is 16.4 Å². The van der Waals surface area contributed by atoms with Crippen molar-refractivity contribution in [2.24, 2.45) is 0 Å². The van der Waals surface area contributed by atoms with Crippen LogP contribution >= 0.6 is 0 Å². The number of rotatable bonds is 6. The minimum Gasteiger partial charge on any atom is -0.397 e. The molecule has 0 saturated carbocycles. The number of alkyl halides is 3. The van der Waals surface area contributed by atoms with Gasteiger partial charge >= 0.3 is 6.18 Å². The molecule has 0 saturated heterocycles. The average molecular weight is 412 g/mol. The molecule has 0 aliphatic carbocycles. The van der Waals surface area contributed by atoms with E-state index in [1.165, 1.54) is 12.1 Å². The summed E-state index contributed by atoms with van der Waals surface area (Å²) in [6.07, 6.45) is 0.132. The Morgan fingerprint density at radius 1 is 1.07 bits per heavy atom. The second-order valence-corrected chi connectivity index (χ2v) is 6.44. The van der Waals surface area contributed by atoms with Crippen molar-refractivity contribution in [3.63, 3.8) is 0 Å². The fourth-order valence-corrected chi connectivity index (χ4v) is 2.62. The number of hydrogen-bond acceptors (Lipinski definition) is 4. The third-order valence-corrected chi connectivity index (χ3v) is 4.16. The first kappa shape index (κ1) is 20.9. The molecule has 154 valence electrons. The number of nitrogen functional groups attached to an aromatic ring is 1. The number of halogens is 3. The summed E-state index contributed by atoms with van der Waals surface area (Å²) in [6, 6.07) is 15.5. The monoisotopic (exact) mass is 412 g/mol. The second kappa shape index (κ2) is 9.13. The van der Waals surface area contributed by atoms with E-state index in [-0.39, 0.29) is 12.5 Å². The number of nitrogens with two attached hydrogens (primary N) is 1. The number of pyridine rings is 1. The van der Waals surface area contributed by atoms with Gasteiger partial charge in [0.2, 0.25) is 5.91 Å². The number of anilines is 3. The number of aromatic nitrogens is 1. The van der Waals surface area contributed by atoms with E-state index in [9.17, 15) is 18.0 Å². The van der Waals surface area contributed by atoms with Gasteiger partial charge in [-0.25, -0.2) is 4.98 Å². The van der Waals surface area contributed by atoms with Crippen LogP contribution < -0.4 is 16.4 Å². The van der Waals surface area contributed by atoms with Crippen LogP contribution in [0.3, 0.4) is 0 Å². The molecule has 0 radical (unpaired) electrons. The standard InChI is InChI=1S/C22H19F3N4O/c23-22(24,25)17-5-3-4-16(12-17)14-28-20-10-8-15(13-27-20)9-11-21(30)29-19-7-2-1-6-18(19)26/h1-13H,14,26H2,(H,27,28)(H,29,30)/b11-9+. The lowest BCUT2D eigenvalue weighted by Gasteiger charge is -2.10. The Morgan fingerprint density at radius 3 is 2.57 bits per heavy atom. The first-order valence-corrected chi connectivity index (χ1v) is 9.01. The van der Waals surface area contributed by atoms with Crippen LogP contribution in [0.5, 0.6) is 0 Å². The molecule has 0 aliphatic heterocycles. The summed E-state index contributed by atoms with van der Waals surface area (Å²) in [5.41, 5.74) is 7.27. The lowest BCUT2D eigenvalue weighted by molar-refractivity contribution is -0.137. The lowest BCUT2D eigenvalue weighted by Crippen LogP contribution is -2.09. The second-order valence-electron chi connectivity index (χ2n) is 6.44. The molecule has 1 heterocycles. The maximum Gasteiger partial charge on any atom is 0.416 e. The van der Waals surface area contributed by atoms with Gasteiger partial charge in [0.25, 0.3) is 0 Å². The van der Waals surface area contributed by atoms with E-state index in [0.29, 0.717) is 28.3 Å².